The zero-order valence-corrected chi connectivity index (χ0v) is 17.4. The van der Waals surface area contributed by atoms with Crippen molar-refractivity contribution < 1.29 is 4.74 Å². The summed E-state index contributed by atoms with van der Waals surface area (Å²) in [4.78, 5) is 1.21. The third-order valence-electron chi connectivity index (χ3n) is 4.59. The van der Waals surface area contributed by atoms with Crippen molar-refractivity contribution in [3.05, 3.63) is 101 Å². The van der Waals surface area contributed by atoms with E-state index < -0.39 is 0 Å². The van der Waals surface area contributed by atoms with Crippen molar-refractivity contribution in [3.8, 4) is 0 Å². The van der Waals surface area contributed by atoms with Gasteiger partial charge >= 0.3 is 0 Å². The smallest absolute Gasteiger partial charge is 0.118 e. The molecule has 1 aliphatic carbocycles. The molecule has 2 nitrogen and oxygen atoms in total. The first-order valence-corrected chi connectivity index (χ1v) is 10.4. The molecule has 0 aliphatic heterocycles. The van der Waals surface area contributed by atoms with E-state index >= 15 is 0 Å². The Labute approximate surface area is 172 Å². The highest BCUT2D eigenvalue weighted by Crippen LogP contribution is 2.26. The fourth-order valence-corrected chi connectivity index (χ4v) is 3.50. The van der Waals surface area contributed by atoms with Crippen molar-refractivity contribution in [2.24, 2.45) is 0 Å². The second-order valence-corrected chi connectivity index (χ2v) is 7.82. The summed E-state index contributed by atoms with van der Waals surface area (Å²) in [5, 5.41) is 0. The van der Waals surface area contributed by atoms with Crippen LogP contribution in [-0.4, -0.2) is 6.61 Å². The molecule has 0 atom stereocenters. The van der Waals surface area contributed by atoms with Crippen LogP contribution in [0.4, 0.5) is 5.69 Å². The van der Waals surface area contributed by atoms with E-state index in [-0.39, 0.29) is 0 Å². The molecule has 0 saturated heterocycles. The molecule has 28 heavy (non-hydrogen) atoms. The Morgan fingerprint density at radius 2 is 1.75 bits per heavy atom. The van der Waals surface area contributed by atoms with Crippen LogP contribution in [0.2, 0.25) is 0 Å². The van der Waals surface area contributed by atoms with Crippen molar-refractivity contribution in [2.75, 3.05) is 11.3 Å². The zero-order chi connectivity index (χ0) is 19.8. The topological polar surface area (TPSA) is 21.3 Å². The standard InChI is InChI=1S/C25H27NOS/c1-4-17-27-25-18-22(8-7-20(25)3)10-9-21-11-13-23(14-12-21)26-28-24-15-5-19(2)6-16-24/h4-6,9-16,18,26H,1,7-8,17H2,2-3H3/b10-9+. The van der Waals surface area contributed by atoms with Crippen LogP contribution < -0.4 is 4.72 Å². The molecule has 144 valence electrons. The van der Waals surface area contributed by atoms with E-state index in [1.54, 1.807) is 18.0 Å². The third-order valence-corrected chi connectivity index (χ3v) is 5.44. The van der Waals surface area contributed by atoms with Gasteiger partial charge in [-0.2, -0.15) is 0 Å². The number of allylic oxidation sites excluding steroid dienone is 4. The van der Waals surface area contributed by atoms with E-state index in [0.29, 0.717) is 6.61 Å². The number of ether oxygens (including phenoxy) is 1. The van der Waals surface area contributed by atoms with Crippen LogP contribution >= 0.6 is 11.9 Å². The molecule has 3 heteroatoms. The first-order valence-electron chi connectivity index (χ1n) is 9.56. The Morgan fingerprint density at radius 1 is 1.00 bits per heavy atom. The van der Waals surface area contributed by atoms with E-state index in [9.17, 15) is 0 Å². The minimum absolute atomic E-state index is 0.551. The molecular formula is C25H27NOS. The molecule has 0 bridgehead atoms. The molecule has 0 amide bonds. The summed E-state index contributed by atoms with van der Waals surface area (Å²) in [5.41, 5.74) is 6.16. The number of aryl methyl sites for hydroxylation is 1. The SMILES string of the molecule is C=CCOC1=C(C)CCC(/C=C/c2ccc(NSc3ccc(C)cc3)cc2)=C1. The van der Waals surface area contributed by atoms with Gasteiger partial charge in [0.2, 0.25) is 0 Å². The van der Waals surface area contributed by atoms with E-state index in [1.165, 1.54) is 27.2 Å². The molecule has 0 aromatic heterocycles. The van der Waals surface area contributed by atoms with Crippen LogP contribution in [0.25, 0.3) is 6.08 Å². The fourth-order valence-electron chi connectivity index (χ4n) is 2.85. The third kappa shape index (κ3) is 5.93. The number of benzene rings is 2. The summed E-state index contributed by atoms with van der Waals surface area (Å²) in [6, 6.07) is 17.0. The Balaban J connectivity index is 1.57. The second-order valence-electron chi connectivity index (χ2n) is 6.94. The van der Waals surface area contributed by atoms with Gasteiger partial charge < -0.3 is 9.46 Å². The number of nitrogens with one attached hydrogen (secondary N) is 1. The zero-order valence-electron chi connectivity index (χ0n) is 16.6. The Morgan fingerprint density at radius 3 is 2.46 bits per heavy atom. The van der Waals surface area contributed by atoms with Crippen molar-refractivity contribution in [1.29, 1.82) is 0 Å². The van der Waals surface area contributed by atoms with Crippen LogP contribution in [0.3, 0.4) is 0 Å². The summed E-state index contributed by atoms with van der Waals surface area (Å²) >= 11 is 1.63. The molecule has 0 saturated carbocycles. The predicted octanol–water partition coefficient (Wildman–Crippen LogP) is 7.32. The molecule has 1 aliphatic rings. The number of hydrogen-bond donors (Lipinski definition) is 1. The van der Waals surface area contributed by atoms with Gasteiger partial charge in [-0.3, -0.25) is 0 Å². The predicted molar refractivity (Wildman–Crippen MR) is 122 cm³/mol. The van der Waals surface area contributed by atoms with Crippen LogP contribution in [0.5, 0.6) is 0 Å². The normalized spacial score (nSPS) is 14.1. The lowest BCUT2D eigenvalue weighted by Gasteiger charge is -2.16. The average Bonchev–Trinajstić information content (AvgIpc) is 2.72. The fraction of sp³-hybridized carbons (Fsp3) is 0.200. The lowest BCUT2D eigenvalue weighted by molar-refractivity contribution is 0.255. The number of hydrogen-bond acceptors (Lipinski definition) is 3. The summed E-state index contributed by atoms with van der Waals surface area (Å²) in [7, 11) is 0. The molecule has 2 aromatic carbocycles. The van der Waals surface area contributed by atoms with Gasteiger partial charge in [-0.25, -0.2) is 0 Å². The molecule has 3 rings (SSSR count). The van der Waals surface area contributed by atoms with Crippen LogP contribution in [-0.2, 0) is 4.74 Å². The minimum Gasteiger partial charge on any atom is -0.490 e. The van der Waals surface area contributed by atoms with Gasteiger partial charge in [0.05, 0.1) is 0 Å². The van der Waals surface area contributed by atoms with Crippen molar-refractivity contribution in [1.82, 2.24) is 0 Å². The molecule has 0 heterocycles. The van der Waals surface area contributed by atoms with E-state index in [0.717, 1.165) is 24.3 Å². The highest BCUT2D eigenvalue weighted by atomic mass is 32.2. The van der Waals surface area contributed by atoms with Gasteiger partial charge in [0, 0.05) is 10.6 Å². The van der Waals surface area contributed by atoms with Gasteiger partial charge in [0.15, 0.2) is 0 Å². The van der Waals surface area contributed by atoms with Gasteiger partial charge in [-0.15, -0.1) is 0 Å². The lowest BCUT2D eigenvalue weighted by Crippen LogP contribution is -2.00. The minimum atomic E-state index is 0.551. The Kier molecular flexibility index (Phi) is 7.21. The van der Waals surface area contributed by atoms with E-state index in [2.05, 4.69) is 91.9 Å². The van der Waals surface area contributed by atoms with Crippen LogP contribution in [0.15, 0.2) is 95.1 Å². The van der Waals surface area contributed by atoms with Crippen molar-refractivity contribution in [3.63, 3.8) is 0 Å². The second kappa shape index (κ2) is 10.0. The van der Waals surface area contributed by atoms with Crippen LogP contribution in [0, 0.1) is 6.92 Å². The first-order chi connectivity index (χ1) is 13.6. The van der Waals surface area contributed by atoms with E-state index in [4.69, 9.17) is 4.74 Å². The number of anilines is 1. The summed E-state index contributed by atoms with van der Waals surface area (Å²) in [6.45, 7) is 8.50. The molecule has 1 N–H and O–H groups in total. The monoisotopic (exact) mass is 389 g/mol. The molecular weight excluding hydrogens is 362 g/mol. The molecule has 0 unspecified atom stereocenters. The summed E-state index contributed by atoms with van der Waals surface area (Å²) in [5.74, 6) is 0.985. The summed E-state index contributed by atoms with van der Waals surface area (Å²) < 4.78 is 9.15. The molecule has 0 fully saturated rings. The average molecular weight is 390 g/mol. The molecule has 0 spiro atoms. The van der Waals surface area contributed by atoms with Crippen molar-refractivity contribution >= 4 is 23.7 Å². The maximum atomic E-state index is 5.75. The van der Waals surface area contributed by atoms with Gasteiger partial charge in [0.25, 0.3) is 0 Å². The largest absolute Gasteiger partial charge is 0.490 e. The Hall–Kier alpha value is -2.65. The molecule has 2 aromatic rings. The maximum absolute atomic E-state index is 5.75. The number of rotatable bonds is 8. The quantitative estimate of drug-likeness (QED) is 0.377. The van der Waals surface area contributed by atoms with Gasteiger partial charge in [-0.1, -0.05) is 54.6 Å². The van der Waals surface area contributed by atoms with Crippen LogP contribution in [0.1, 0.15) is 30.9 Å². The summed E-state index contributed by atoms with van der Waals surface area (Å²) in [6.07, 6.45) is 10.4. The first kappa shape index (κ1) is 20.1. The maximum Gasteiger partial charge on any atom is 0.118 e. The lowest BCUT2D eigenvalue weighted by atomic mass is 9.97. The van der Waals surface area contributed by atoms with E-state index in [1.807, 2.05) is 0 Å². The molecule has 0 radical (unpaired) electrons. The van der Waals surface area contributed by atoms with Gasteiger partial charge in [0.1, 0.15) is 12.4 Å². The highest BCUT2D eigenvalue weighted by molar-refractivity contribution is 8.00. The Bertz CT molecular complexity index is 889. The van der Waals surface area contributed by atoms with Gasteiger partial charge in [-0.05, 0) is 85.7 Å². The van der Waals surface area contributed by atoms with Crippen molar-refractivity contribution in [2.45, 2.75) is 31.6 Å². The highest BCUT2D eigenvalue weighted by Gasteiger charge is 2.09.